The van der Waals surface area contributed by atoms with Gasteiger partial charge in [0.15, 0.2) is 0 Å². The van der Waals surface area contributed by atoms with Crippen LogP contribution in [0.3, 0.4) is 0 Å². The third kappa shape index (κ3) is 1.01. The molecule has 2 heteroatoms. The summed E-state index contributed by atoms with van der Waals surface area (Å²) < 4.78 is 5.08. The normalized spacial score (nSPS) is 36.8. The standard InChI is InChI=1S/C6H13NO/c1-7-5-3-6(4-5)8-2/h5-7H,3-4H2,1-2H3/t5-,6-. The molecule has 0 aliphatic heterocycles. The van der Waals surface area contributed by atoms with E-state index in [0.29, 0.717) is 6.10 Å². The average Bonchev–Trinajstić information content (AvgIpc) is 1.65. The zero-order valence-electron chi connectivity index (χ0n) is 5.48. The molecule has 0 unspecified atom stereocenters. The fraction of sp³-hybridized carbons (Fsp3) is 1.00. The highest BCUT2D eigenvalue weighted by atomic mass is 16.5. The monoisotopic (exact) mass is 115 g/mol. The molecule has 2 nitrogen and oxygen atoms in total. The second-order valence-corrected chi connectivity index (χ2v) is 2.31. The van der Waals surface area contributed by atoms with Crippen LogP contribution in [0.25, 0.3) is 0 Å². The number of hydrogen-bond donors (Lipinski definition) is 1. The molecule has 1 rings (SSSR count). The van der Waals surface area contributed by atoms with Crippen LogP contribution in [0.2, 0.25) is 0 Å². The minimum atomic E-state index is 0.535. The van der Waals surface area contributed by atoms with Crippen LogP contribution in [-0.4, -0.2) is 26.3 Å². The molecule has 0 radical (unpaired) electrons. The molecule has 0 amide bonds. The number of methoxy groups -OCH3 is 1. The molecule has 48 valence electrons. The second-order valence-electron chi connectivity index (χ2n) is 2.31. The zero-order chi connectivity index (χ0) is 5.98. The van der Waals surface area contributed by atoms with E-state index in [9.17, 15) is 0 Å². The van der Waals surface area contributed by atoms with E-state index in [2.05, 4.69) is 5.32 Å². The SMILES string of the molecule is CN[C@H]1C[C@H](OC)C1. The van der Waals surface area contributed by atoms with E-state index in [1.54, 1.807) is 7.11 Å². The van der Waals surface area contributed by atoms with E-state index in [1.807, 2.05) is 7.05 Å². The highest BCUT2D eigenvalue weighted by molar-refractivity contribution is 4.84. The van der Waals surface area contributed by atoms with E-state index in [0.717, 1.165) is 6.04 Å². The molecule has 0 saturated heterocycles. The smallest absolute Gasteiger partial charge is 0.0601 e. The van der Waals surface area contributed by atoms with Gasteiger partial charge < -0.3 is 10.1 Å². The molecule has 0 aromatic carbocycles. The van der Waals surface area contributed by atoms with Crippen molar-refractivity contribution >= 4 is 0 Å². The summed E-state index contributed by atoms with van der Waals surface area (Å²) in [4.78, 5) is 0. The van der Waals surface area contributed by atoms with Gasteiger partial charge in [-0.1, -0.05) is 0 Å². The van der Waals surface area contributed by atoms with Crippen LogP contribution in [0.5, 0.6) is 0 Å². The van der Waals surface area contributed by atoms with Crippen molar-refractivity contribution in [2.24, 2.45) is 0 Å². The Morgan fingerprint density at radius 2 is 2.12 bits per heavy atom. The number of rotatable bonds is 2. The van der Waals surface area contributed by atoms with E-state index in [1.165, 1.54) is 12.8 Å². The second kappa shape index (κ2) is 2.46. The van der Waals surface area contributed by atoms with Crippen LogP contribution in [0.15, 0.2) is 0 Å². The lowest BCUT2D eigenvalue weighted by molar-refractivity contribution is 0.0196. The van der Waals surface area contributed by atoms with Crippen molar-refractivity contribution in [3.05, 3.63) is 0 Å². The minimum Gasteiger partial charge on any atom is -0.381 e. The van der Waals surface area contributed by atoms with Gasteiger partial charge in [0.25, 0.3) is 0 Å². The molecule has 0 spiro atoms. The lowest BCUT2D eigenvalue weighted by Crippen LogP contribution is -2.43. The number of hydrogen-bond acceptors (Lipinski definition) is 2. The van der Waals surface area contributed by atoms with Gasteiger partial charge in [0.05, 0.1) is 6.10 Å². The van der Waals surface area contributed by atoms with Gasteiger partial charge in [0, 0.05) is 13.2 Å². The first-order chi connectivity index (χ1) is 3.86. The summed E-state index contributed by atoms with van der Waals surface area (Å²) in [6.07, 6.45) is 2.91. The highest BCUT2D eigenvalue weighted by Gasteiger charge is 2.26. The minimum absolute atomic E-state index is 0.535. The zero-order valence-corrected chi connectivity index (χ0v) is 5.48. The molecule has 0 aromatic rings. The van der Waals surface area contributed by atoms with Crippen LogP contribution in [0, 0.1) is 0 Å². The van der Waals surface area contributed by atoms with Gasteiger partial charge in [0.2, 0.25) is 0 Å². The Labute approximate surface area is 50.2 Å². The molecule has 0 bridgehead atoms. The van der Waals surface area contributed by atoms with Crippen molar-refractivity contribution in [3.8, 4) is 0 Å². The largest absolute Gasteiger partial charge is 0.381 e. The Kier molecular flexibility index (Phi) is 1.86. The average molecular weight is 115 g/mol. The van der Waals surface area contributed by atoms with Crippen molar-refractivity contribution in [3.63, 3.8) is 0 Å². The Morgan fingerprint density at radius 3 is 2.50 bits per heavy atom. The molecule has 0 atom stereocenters. The molecule has 0 heterocycles. The van der Waals surface area contributed by atoms with Crippen LogP contribution in [0.4, 0.5) is 0 Å². The van der Waals surface area contributed by atoms with Gasteiger partial charge in [-0.25, -0.2) is 0 Å². The number of ether oxygens (including phenoxy) is 1. The first-order valence-corrected chi connectivity index (χ1v) is 3.07. The van der Waals surface area contributed by atoms with Gasteiger partial charge in [-0.2, -0.15) is 0 Å². The van der Waals surface area contributed by atoms with Crippen molar-refractivity contribution in [2.75, 3.05) is 14.2 Å². The molecule has 8 heavy (non-hydrogen) atoms. The quantitative estimate of drug-likeness (QED) is 0.562. The summed E-state index contributed by atoms with van der Waals surface area (Å²) in [5, 5.41) is 3.19. The van der Waals surface area contributed by atoms with E-state index in [-0.39, 0.29) is 0 Å². The molecule has 1 aliphatic carbocycles. The summed E-state index contributed by atoms with van der Waals surface area (Å²) in [7, 11) is 3.77. The van der Waals surface area contributed by atoms with Crippen molar-refractivity contribution in [2.45, 2.75) is 25.0 Å². The summed E-state index contributed by atoms with van der Waals surface area (Å²) >= 11 is 0. The first kappa shape index (κ1) is 6.05. The maximum atomic E-state index is 5.08. The third-order valence-electron chi connectivity index (χ3n) is 1.84. The van der Waals surface area contributed by atoms with Crippen LogP contribution in [-0.2, 0) is 4.74 Å². The molecule has 1 aliphatic rings. The summed E-state index contributed by atoms with van der Waals surface area (Å²) in [5.74, 6) is 0. The first-order valence-electron chi connectivity index (χ1n) is 3.07. The van der Waals surface area contributed by atoms with Gasteiger partial charge in [-0.05, 0) is 19.9 Å². The molecule has 0 aromatic heterocycles. The van der Waals surface area contributed by atoms with Crippen LogP contribution < -0.4 is 5.32 Å². The molecule has 1 saturated carbocycles. The predicted octanol–water partition coefficient (Wildman–Crippen LogP) is 0.383. The lowest BCUT2D eigenvalue weighted by atomic mass is 9.90. The molecular weight excluding hydrogens is 102 g/mol. The Balaban J connectivity index is 2.03. The molecule has 1 fully saturated rings. The molecular formula is C6H13NO. The van der Waals surface area contributed by atoms with Crippen molar-refractivity contribution < 1.29 is 4.74 Å². The van der Waals surface area contributed by atoms with Crippen molar-refractivity contribution in [1.29, 1.82) is 0 Å². The van der Waals surface area contributed by atoms with Gasteiger partial charge in [-0.3, -0.25) is 0 Å². The van der Waals surface area contributed by atoms with Gasteiger partial charge >= 0.3 is 0 Å². The van der Waals surface area contributed by atoms with Crippen LogP contribution in [0.1, 0.15) is 12.8 Å². The highest BCUT2D eigenvalue weighted by Crippen LogP contribution is 2.21. The number of nitrogens with one attached hydrogen (secondary N) is 1. The van der Waals surface area contributed by atoms with Gasteiger partial charge in [-0.15, -0.1) is 0 Å². The van der Waals surface area contributed by atoms with E-state index in [4.69, 9.17) is 4.74 Å². The Hall–Kier alpha value is -0.0800. The molecule has 1 N–H and O–H groups in total. The Morgan fingerprint density at radius 1 is 1.50 bits per heavy atom. The fourth-order valence-corrected chi connectivity index (χ4v) is 0.994. The maximum absolute atomic E-state index is 5.08. The predicted molar refractivity (Wildman–Crippen MR) is 32.9 cm³/mol. The summed E-state index contributed by atoms with van der Waals surface area (Å²) in [5.41, 5.74) is 0. The third-order valence-corrected chi connectivity index (χ3v) is 1.84. The lowest BCUT2D eigenvalue weighted by Gasteiger charge is -2.33. The Bertz CT molecular complexity index is 60.9. The van der Waals surface area contributed by atoms with Crippen molar-refractivity contribution in [1.82, 2.24) is 5.32 Å². The summed E-state index contributed by atoms with van der Waals surface area (Å²) in [6, 6.07) is 0.722. The van der Waals surface area contributed by atoms with Gasteiger partial charge in [0.1, 0.15) is 0 Å². The van der Waals surface area contributed by atoms with E-state index >= 15 is 0 Å². The fourth-order valence-electron chi connectivity index (χ4n) is 0.994. The van der Waals surface area contributed by atoms with E-state index < -0.39 is 0 Å². The topological polar surface area (TPSA) is 21.3 Å². The summed E-state index contributed by atoms with van der Waals surface area (Å²) in [6.45, 7) is 0. The maximum Gasteiger partial charge on any atom is 0.0601 e. The van der Waals surface area contributed by atoms with Crippen LogP contribution >= 0.6 is 0 Å².